The van der Waals surface area contributed by atoms with E-state index in [0.29, 0.717) is 25.3 Å². The SMILES string of the molecule is CCOC(=O)N1CC[C@H](Oc2cccc(-c3cccc(C#N)c3)c2)C1. The highest BCUT2D eigenvalue weighted by Gasteiger charge is 2.28. The fourth-order valence-electron chi connectivity index (χ4n) is 2.91. The zero-order valence-corrected chi connectivity index (χ0v) is 14.1. The van der Waals surface area contributed by atoms with Crippen molar-refractivity contribution in [3.63, 3.8) is 0 Å². The van der Waals surface area contributed by atoms with Crippen LogP contribution in [0.25, 0.3) is 11.1 Å². The van der Waals surface area contributed by atoms with Gasteiger partial charge in [-0.25, -0.2) is 4.79 Å². The second-order valence-corrected chi connectivity index (χ2v) is 5.89. The molecule has 0 bridgehead atoms. The molecule has 0 N–H and O–H groups in total. The van der Waals surface area contributed by atoms with E-state index in [4.69, 9.17) is 14.7 Å². The van der Waals surface area contributed by atoms with E-state index in [-0.39, 0.29) is 12.2 Å². The van der Waals surface area contributed by atoms with Gasteiger partial charge in [0.1, 0.15) is 11.9 Å². The lowest BCUT2D eigenvalue weighted by Gasteiger charge is -2.17. The summed E-state index contributed by atoms with van der Waals surface area (Å²) in [6.07, 6.45) is 0.466. The minimum atomic E-state index is -0.282. The third-order valence-electron chi connectivity index (χ3n) is 4.13. The minimum absolute atomic E-state index is 0.0369. The van der Waals surface area contributed by atoms with Crippen molar-refractivity contribution in [2.75, 3.05) is 19.7 Å². The summed E-state index contributed by atoms with van der Waals surface area (Å²) in [6, 6.07) is 17.4. The smallest absolute Gasteiger partial charge is 0.409 e. The molecule has 1 fully saturated rings. The Kier molecular flexibility index (Phi) is 5.20. The van der Waals surface area contributed by atoms with Crippen LogP contribution in [0.2, 0.25) is 0 Å². The maximum absolute atomic E-state index is 11.8. The van der Waals surface area contributed by atoms with Gasteiger partial charge in [0.05, 0.1) is 24.8 Å². The molecule has 0 aliphatic carbocycles. The van der Waals surface area contributed by atoms with Crippen molar-refractivity contribution in [1.29, 1.82) is 5.26 Å². The third kappa shape index (κ3) is 4.10. The first-order chi connectivity index (χ1) is 12.2. The van der Waals surface area contributed by atoms with Crippen molar-refractivity contribution in [3.8, 4) is 22.9 Å². The summed E-state index contributed by atoms with van der Waals surface area (Å²) in [5.74, 6) is 0.760. The number of hydrogen-bond donors (Lipinski definition) is 0. The molecule has 1 amide bonds. The van der Waals surface area contributed by atoms with Gasteiger partial charge < -0.3 is 14.4 Å². The molecule has 0 unspecified atom stereocenters. The van der Waals surface area contributed by atoms with Gasteiger partial charge in [-0.15, -0.1) is 0 Å². The molecule has 5 heteroatoms. The highest BCUT2D eigenvalue weighted by atomic mass is 16.6. The standard InChI is InChI=1S/C20H20N2O3/c1-2-24-20(23)22-10-9-19(14-22)25-18-8-4-7-17(12-18)16-6-3-5-15(11-16)13-21/h3-8,11-12,19H,2,9-10,14H2,1H3/t19-/m0/s1. The second kappa shape index (κ2) is 7.71. The molecule has 2 aromatic rings. The minimum Gasteiger partial charge on any atom is -0.488 e. The topological polar surface area (TPSA) is 62.6 Å². The van der Waals surface area contributed by atoms with Crippen LogP contribution in [-0.2, 0) is 4.74 Å². The Hall–Kier alpha value is -3.00. The molecule has 25 heavy (non-hydrogen) atoms. The summed E-state index contributed by atoms with van der Waals surface area (Å²) in [5, 5.41) is 9.04. The average molecular weight is 336 g/mol. The molecular formula is C20H20N2O3. The van der Waals surface area contributed by atoms with Crippen molar-refractivity contribution < 1.29 is 14.3 Å². The number of carbonyl (C=O) groups is 1. The molecule has 0 spiro atoms. The fraction of sp³-hybridized carbons (Fsp3) is 0.300. The summed E-state index contributed by atoms with van der Waals surface area (Å²) in [7, 11) is 0. The largest absolute Gasteiger partial charge is 0.488 e. The van der Waals surface area contributed by atoms with E-state index in [1.54, 1.807) is 17.9 Å². The Labute approximate surface area is 147 Å². The Morgan fingerprint density at radius 1 is 1.24 bits per heavy atom. The number of nitriles is 1. The van der Waals surface area contributed by atoms with Gasteiger partial charge >= 0.3 is 6.09 Å². The van der Waals surface area contributed by atoms with Crippen LogP contribution in [0.15, 0.2) is 48.5 Å². The summed E-state index contributed by atoms with van der Waals surface area (Å²) < 4.78 is 11.1. The molecule has 5 nitrogen and oxygen atoms in total. The van der Waals surface area contributed by atoms with Crippen LogP contribution in [0.5, 0.6) is 5.75 Å². The van der Waals surface area contributed by atoms with Crippen molar-refractivity contribution in [2.45, 2.75) is 19.4 Å². The molecule has 1 saturated heterocycles. The fourth-order valence-corrected chi connectivity index (χ4v) is 2.91. The van der Waals surface area contributed by atoms with Gasteiger partial charge in [-0.1, -0.05) is 24.3 Å². The number of rotatable bonds is 4. The number of benzene rings is 2. The maximum atomic E-state index is 11.8. The molecule has 0 radical (unpaired) electrons. The Bertz CT molecular complexity index is 798. The first kappa shape index (κ1) is 16.8. The lowest BCUT2D eigenvalue weighted by atomic mass is 10.0. The predicted molar refractivity (Wildman–Crippen MR) is 94.2 cm³/mol. The predicted octanol–water partition coefficient (Wildman–Crippen LogP) is 3.83. The zero-order chi connectivity index (χ0) is 17.6. The summed E-state index contributed by atoms with van der Waals surface area (Å²) in [5.41, 5.74) is 2.60. The van der Waals surface area contributed by atoms with Gasteiger partial charge in [0.15, 0.2) is 0 Å². The van der Waals surface area contributed by atoms with Crippen LogP contribution in [0.4, 0.5) is 4.79 Å². The molecule has 0 aromatic heterocycles. The molecule has 3 rings (SSSR count). The molecule has 1 atom stereocenters. The number of carbonyl (C=O) groups excluding carboxylic acids is 1. The summed E-state index contributed by atoms with van der Waals surface area (Å²) >= 11 is 0. The van der Waals surface area contributed by atoms with E-state index in [1.807, 2.05) is 42.5 Å². The van der Waals surface area contributed by atoms with Crippen molar-refractivity contribution in [3.05, 3.63) is 54.1 Å². The van der Waals surface area contributed by atoms with Gasteiger partial charge in [-0.3, -0.25) is 0 Å². The molecule has 1 aliphatic heterocycles. The molecule has 2 aromatic carbocycles. The highest BCUT2D eigenvalue weighted by molar-refractivity contribution is 5.68. The van der Waals surface area contributed by atoms with Crippen molar-refractivity contribution >= 4 is 6.09 Å². The number of ether oxygens (including phenoxy) is 2. The van der Waals surface area contributed by atoms with Gasteiger partial charge in [-0.2, -0.15) is 5.26 Å². The van der Waals surface area contributed by atoms with Crippen LogP contribution >= 0.6 is 0 Å². The molecular weight excluding hydrogens is 316 g/mol. The number of nitrogens with zero attached hydrogens (tertiary/aromatic N) is 2. The quantitative estimate of drug-likeness (QED) is 0.851. The average Bonchev–Trinajstić information content (AvgIpc) is 3.11. The Morgan fingerprint density at radius 2 is 2.00 bits per heavy atom. The third-order valence-corrected chi connectivity index (χ3v) is 4.13. The normalized spacial score (nSPS) is 16.3. The molecule has 0 saturated carbocycles. The van der Waals surface area contributed by atoms with Crippen LogP contribution in [0.3, 0.4) is 0 Å². The first-order valence-corrected chi connectivity index (χ1v) is 8.38. The van der Waals surface area contributed by atoms with Gasteiger partial charge in [0, 0.05) is 13.0 Å². The van der Waals surface area contributed by atoms with E-state index in [1.165, 1.54) is 0 Å². The van der Waals surface area contributed by atoms with Crippen LogP contribution in [0.1, 0.15) is 18.9 Å². The van der Waals surface area contributed by atoms with Crippen LogP contribution in [0, 0.1) is 11.3 Å². The van der Waals surface area contributed by atoms with Crippen LogP contribution < -0.4 is 4.74 Å². The molecule has 1 heterocycles. The zero-order valence-electron chi connectivity index (χ0n) is 14.1. The second-order valence-electron chi connectivity index (χ2n) is 5.89. The number of hydrogen-bond acceptors (Lipinski definition) is 4. The first-order valence-electron chi connectivity index (χ1n) is 8.38. The van der Waals surface area contributed by atoms with E-state index < -0.39 is 0 Å². The van der Waals surface area contributed by atoms with E-state index in [9.17, 15) is 4.79 Å². The summed E-state index contributed by atoms with van der Waals surface area (Å²) in [6.45, 7) is 3.36. The van der Waals surface area contributed by atoms with Gasteiger partial charge in [0.25, 0.3) is 0 Å². The van der Waals surface area contributed by atoms with E-state index in [2.05, 4.69) is 6.07 Å². The Morgan fingerprint density at radius 3 is 2.76 bits per heavy atom. The lowest BCUT2D eigenvalue weighted by molar-refractivity contribution is 0.110. The molecule has 1 aliphatic rings. The Balaban J connectivity index is 1.68. The highest BCUT2D eigenvalue weighted by Crippen LogP contribution is 2.26. The molecule has 128 valence electrons. The van der Waals surface area contributed by atoms with E-state index >= 15 is 0 Å². The van der Waals surface area contributed by atoms with Crippen molar-refractivity contribution in [1.82, 2.24) is 4.90 Å². The monoisotopic (exact) mass is 336 g/mol. The van der Waals surface area contributed by atoms with Crippen molar-refractivity contribution in [2.24, 2.45) is 0 Å². The van der Waals surface area contributed by atoms with Crippen LogP contribution in [-0.4, -0.2) is 36.8 Å². The number of amides is 1. The maximum Gasteiger partial charge on any atom is 0.409 e. The number of likely N-dealkylation sites (tertiary alicyclic amines) is 1. The summed E-state index contributed by atoms with van der Waals surface area (Å²) in [4.78, 5) is 13.4. The lowest BCUT2D eigenvalue weighted by Crippen LogP contribution is -2.31. The van der Waals surface area contributed by atoms with Gasteiger partial charge in [0.2, 0.25) is 0 Å². The van der Waals surface area contributed by atoms with Gasteiger partial charge in [-0.05, 0) is 42.3 Å². The van der Waals surface area contributed by atoms with E-state index in [0.717, 1.165) is 23.3 Å².